The summed E-state index contributed by atoms with van der Waals surface area (Å²) >= 11 is 0. The Morgan fingerprint density at radius 3 is 2.32 bits per heavy atom. The van der Waals surface area contributed by atoms with Gasteiger partial charge in [-0.2, -0.15) is 0 Å². The lowest BCUT2D eigenvalue weighted by Gasteiger charge is -2.31. The molecule has 0 radical (unpaired) electrons. The zero-order chi connectivity index (χ0) is 13.9. The molecule has 2 aliphatic rings. The highest BCUT2D eigenvalue weighted by Gasteiger charge is 2.27. The van der Waals surface area contributed by atoms with E-state index >= 15 is 0 Å². The zero-order valence-corrected chi connectivity index (χ0v) is 12.2. The first-order valence-electron chi connectivity index (χ1n) is 7.02. The maximum atomic E-state index is 11.7. The first-order chi connectivity index (χ1) is 9.01. The van der Waals surface area contributed by atoms with E-state index in [0.717, 1.165) is 0 Å². The van der Waals surface area contributed by atoms with Crippen molar-refractivity contribution >= 4 is 15.9 Å². The molecule has 1 aliphatic heterocycles. The van der Waals surface area contributed by atoms with Crippen molar-refractivity contribution in [2.24, 2.45) is 0 Å². The highest BCUT2D eigenvalue weighted by Crippen LogP contribution is 2.18. The van der Waals surface area contributed by atoms with E-state index in [2.05, 4.69) is 10.6 Å². The lowest BCUT2D eigenvalue weighted by atomic mass is 10.1. The molecule has 2 fully saturated rings. The molecule has 1 amide bonds. The number of nitrogens with one attached hydrogen (secondary N) is 2. The van der Waals surface area contributed by atoms with Gasteiger partial charge >= 0.3 is 0 Å². The average molecular weight is 289 g/mol. The Bertz CT molecular complexity index is 412. The first kappa shape index (κ1) is 14.7. The standard InChI is InChI=1S/C12H23N3O3S/c1-2-19(17,18)15-7-5-11(6-8-15)14-12(16)9-13-10-3-4-10/h10-11,13H,2-9H2,1H3,(H,14,16). The molecule has 19 heavy (non-hydrogen) atoms. The van der Waals surface area contributed by atoms with Gasteiger partial charge in [0.05, 0.1) is 12.3 Å². The summed E-state index contributed by atoms with van der Waals surface area (Å²) in [5.74, 6) is 0.165. The predicted octanol–water partition coefficient (Wildman–Crippen LogP) is -0.331. The third-order valence-electron chi connectivity index (χ3n) is 3.71. The molecule has 0 unspecified atom stereocenters. The van der Waals surface area contributed by atoms with Gasteiger partial charge in [0.2, 0.25) is 15.9 Å². The molecule has 1 aliphatic carbocycles. The van der Waals surface area contributed by atoms with Crippen LogP contribution < -0.4 is 10.6 Å². The van der Waals surface area contributed by atoms with E-state index in [4.69, 9.17) is 0 Å². The van der Waals surface area contributed by atoms with E-state index < -0.39 is 10.0 Å². The summed E-state index contributed by atoms with van der Waals surface area (Å²) in [6, 6.07) is 0.638. The molecule has 1 saturated carbocycles. The number of nitrogens with zero attached hydrogens (tertiary/aromatic N) is 1. The van der Waals surface area contributed by atoms with Gasteiger partial charge in [-0.15, -0.1) is 0 Å². The fraction of sp³-hybridized carbons (Fsp3) is 0.917. The topological polar surface area (TPSA) is 78.5 Å². The van der Waals surface area contributed by atoms with Crippen LogP contribution in [0, 0.1) is 0 Å². The van der Waals surface area contributed by atoms with Crippen LogP contribution >= 0.6 is 0 Å². The molecule has 2 rings (SSSR count). The quantitative estimate of drug-likeness (QED) is 0.702. The summed E-state index contributed by atoms with van der Waals surface area (Å²) in [5.41, 5.74) is 0. The van der Waals surface area contributed by atoms with Gasteiger partial charge in [0.25, 0.3) is 0 Å². The monoisotopic (exact) mass is 289 g/mol. The van der Waals surface area contributed by atoms with Crippen molar-refractivity contribution in [3.8, 4) is 0 Å². The molecule has 0 spiro atoms. The van der Waals surface area contributed by atoms with Crippen molar-refractivity contribution < 1.29 is 13.2 Å². The Balaban J connectivity index is 1.69. The summed E-state index contributed by atoms with van der Waals surface area (Å²) in [6.07, 6.45) is 3.74. The van der Waals surface area contributed by atoms with Crippen molar-refractivity contribution in [1.29, 1.82) is 0 Å². The molecular weight excluding hydrogens is 266 g/mol. The second kappa shape index (κ2) is 6.19. The fourth-order valence-corrected chi connectivity index (χ4v) is 3.40. The van der Waals surface area contributed by atoms with Crippen LogP contribution in [-0.4, -0.2) is 56.1 Å². The Morgan fingerprint density at radius 1 is 1.16 bits per heavy atom. The third-order valence-corrected chi connectivity index (χ3v) is 5.59. The van der Waals surface area contributed by atoms with Gasteiger partial charge in [-0.05, 0) is 32.6 Å². The van der Waals surface area contributed by atoms with Crippen molar-refractivity contribution in [2.75, 3.05) is 25.4 Å². The molecule has 0 bridgehead atoms. The van der Waals surface area contributed by atoms with Gasteiger partial charge in [0, 0.05) is 25.2 Å². The molecule has 0 aromatic rings. The number of amides is 1. The zero-order valence-electron chi connectivity index (χ0n) is 11.4. The van der Waals surface area contributed by atoms with Crippen molar-refractivity contribution in [2.45, 2.75) is 44.7 Å². The predicted molar refractivity (Wildman–Crippen MR) is 73.2 cm³/mol. The van der Waals surface area contributed by atoms with E-state index in [0.29, 0.717) is 38.5 Å². The minimum atomic E-state index is -3.08. The molecule has 0 atom stereocenters. The Hall–Kier alpha value is -0.660. The largest absolute Gasteiger partial charge is 0.352 e. The van der Waals surface area contributed by atoms with E-state index in [1.165, 1.54) is 17.1 Å². The van der Waals surface area contributed by atoms with Crippen LogP contribution in [0.3, 0.4) is 0 Å². The Kier molecular flexibility index (Phi) is 4.81. The molecule has 1 heterocycles. The number of piperidine rings is 1. The number of sulfonamides is 1. The van der Waals surface area contributed by atoms with Gasteiger partial charge in [-0.3, -0.25) is 4.79 Å². The van der Waals surface area contributed by atoms with Crippen LogP contribution in [0.4, 0.5) is 0 Å². The lowest BCUT2D eigenvalue weighted by molar-refractivity contribution is -0.121. The second-order valence-corrected chi connectivity index (χ2v) is 7.55. The van der Waals surface area contributed by atoms with Gasteiger partial charge < -0.3 is 10.6 Å². The maximum Gasteiger partial charge on any atom is 0.234 e. The molecule has 0 aromatic carbocycles. The molecule has 2 N–H and O–H groups in total. The van der Waals surface area contributed by atoms with Crippen LogP contribution in [-0.2, 0) is 14.8 Å². The highest BCUT2D eigenvalue weighted by atomic mass is 32.2. The smallest absolute Gasteiger partial charge is 0.234 e. The Morgan fingerprint density at radius 2 is 1.79 bits per heavy atom. The molecule has 6 nitrogen and oxygen atoms in total. The minimum Gasteiger partial charge on any atom is -0.352 e. The highest BCUT2D eigenvalue weighted by molar-refractivity contribution is 7.89. The fourth-order valence-electron chi connectivity index (χ4n) is 2.26. The second-order valence-electron chi connectivity index (χ2n) is 5.30. The molecule has 1 saturated heterocycles. The average Bonchev–Trinajstić information content (AvgIpc) is 3.21. The summed E-state index contributed by atoms with van der Waals surface area (Å²) in [7, 11) is -3.08. The minimum absolute atomic E-state index is 0.0173. The third kappa shape index (κ3) is 4.43. The van der Waals surface area contributed by atoms with Crippen molar-refractivity contribution in [1.82, 2.24) is 14.9 Å². The molecular formula is C12H23N3O3S. The number of rotatable bonds is 6. The SMILES string of the molecule is CCS(=O)(=O)N1CCC(NC(=O)CNC2CC2)CC1. The normalized spacial score (nSPS) is 22.4. The van der Waals surface area contributed by atoms with Crippen LogP contribution in [0.2, 0.25) is 0 Å². The summed E-state index contributed by atoms with van der Waals surface area (Å²) in [5, 5.41) is 6.14. The van der Waals surface area contributed by atoms with Gasteiger partial charge in [0.1, 0.15) is 0 Å². The number of hydrogen-bond acceptors (Lipinski definition) is 4. The summed E-state index contributed by atoms with van der Waals surface area (Å²) < 4.78 is 24.9. The van der Waals surface area contributed by atoms with E-state index in [-0.39, 0.29) is 17.7 Å². The lowest BCUT2D eigenvalue weighted by Crippen LogP contribution is -2.48. The van der Waals surface area contributed by atoms with Gasteiger partial charge in [-0.1, -0.05) is 0 Å². The molecule has 110 valence electrons. The summed E-state index contributed by atoms with van der Waals surface area (Å²) in [4.78, 5) is 11.7. The van der Waals surface area contributed by atoms with Gasteiger partial charge in [-0.25, -0.2) is 12.7 Å². The molecule has 0 aromatic heterocycles. The number of carbonyl (C=O) groups excluding carboxylic acids is 1. The van der Waals surface area contributed by atoms with Gasteiger partial charge in [0.15, 0.2) is 0 Å². The van der Waals surface area contributed by atoms with E-state index in [1.807, 2.05) is 0 Å². The Labute approximate surface area is 115 Å². The van der Waals surface area contributed by atoms with E-state index in [1.54, 1.807) is 6.92 Å². The number of hydrogen-bond donors (Lipinski definition) is 2. The molecule has 7 heteroatoms. The van der Waals surface area contributed by atoms with Crippen molar-refractivity contribution in [3.05, 3.63) is 0 Å². The first-order valence-corrected chi connectivity index (χ1v) is 8.62. The van der Waals surface area contributed by atoms with Crippen LogP contribution in [0.25, 0.3) is 0 Å². The number of carbonyl (C=O) groups is 1. The van der Waals surface area contributed by atoms with E-state index in [9.17, 15) is 13.2 Å². The van der Waals surface area contributed by atoms with Crippen molar-refractivity contribution in [3.63, 3.8) is 0 Å². The van der Waals surface area contributed by atoms with Crippen LogP contribution in [0.5, 0.6) is 0 Å². The van der Waals surface area contributed by atoms with Crippen LogP contribution in [0.1, 0.15) is 32.6 Å². The van der Waals surface area contributed by atoms with Crippen LogP contribution in [0.15, 0.2) is 0 Å². The maximum absolute atomic E-state index is 11.7. The summed E-state index contributed by atoms with van der Waals surface area (Å²) in [6.45, 7) is 3.05.